The molecule has 0 saturated carbocycles. The smallest absolute Gasteiger partial charge is 0.305 e. The minimum atomic E-state index is -0.561. The average Bonchev–Trinajstić information content (AvgIpc) is 2.59. The van der Waals surface area contributed by atoms with Gasteiger partial charge in [-0.25, -0.2) is 0 Å². The van der Waals surface area contributed by atoms with Crippen LogP contribution in [0.1, 0.15) is 124 Å². The molecule has 0 rings (SSSR count). The largest absolute Gasteiger partial charge is 0.463 e. The summed E-state index contributed by atoms with van der Waals surface area (Å²) in [6.45, 7) is 6.38. The van der Waals surface area contributed by atoms with Crippen molar-refractivity contribution in [1.82, 2.24) is 0 Å². The van der Waals surface area contributed by atoms with E-state index in [1.165, 1.54) is 83.5 Å². The van der Waals surface area contributed by atoms with Crippen molar-refractivity contribution in [2.75, 3.05) is 6.61 Å². The van der Waals surface area contributed by atoms with Crippen molar-refractivity contribution in [1.29, 1.82) is 0 Å². The third-order valence-corrected chi connectivity index (χ3v) is 4.90. The van der Waals surface area contributed by atoms with Gasteiger partial charge in [0, 0.05) is 6.42 Å². The van der Waals surface area contributed by atoms with Gasteiger partial charge < -0.3 is 9.84 Å². The first-order valence-corrected chi connectivity index (χ1v) is 11.4. The van der Waals surface area contributed by atoms with Crippen molar-refractivity contribution in [3.63, 3.8) is 0 Å². The van der Waals surface area contributed by atoms with Crippen LogP contribution in [0.15, 0.2) is 0 Å². The molecule has 3 nitrogen and oxygen atoms in total. The van der Waals surface area contributed by atoms with Crippen LogP contribution in [0, 0.1) is 5.92 Å². The Morgan fingerprint density at radius 3 is 1.46 bits per heavy atom. The van der Waals surface area contributed by atoms with Gasteiger partial charge in [-0.15, -0.1) is 0 Å². The number of unbranched alkanes of at least 4 members (excludes halogenated alkanes) is 13. The van der Waals surface area contributed by atoms with Crippen LogP contribution in [-0.2, 0) is 9.53 Å². The van der Waals surface area contributed by atoms with E-state index in [0.717, 1.165) is 18.8 Å². The molecule has 0 aliphatic rings. The number of aliphatic hydroxyl groups excluding tert-OH is 1. The molecule has 0 radical (unpaired) electrons. The molecule has 0 aromatic rings. The van der Waals surface area contributed by atoms with E-state index in [4.69, 9.17) is 9.84 Å². The van der Waals surface area contributed by atoms with Crippen LogP contribution in [0.5, 0.6) is 0 Å². The predicted molar refractivity (Wildman–Crippen MR) is 111 cm³/mol. The zero-order valence-electron chi connectivity index (χ0n) is 17.9. The molecule has 1 N–H and O–H groups in total. The van der Waals surface area contributed by atoms with Crippen molar-refractivity contribution in [3.8, 4) is 0 Å². The van der Waals surface area contributed by atoms with Gasteiger partial charge in [-0.2, -0.15) is 0 Å². The number of esters is 1. The second kappa shape index (κ2) is 19.2. The Bertz CT molecular complexity index is 300. The van der Waals surface area contributed by atoms with Gasteiger partial charge in [0.25, 0.3) is 0 Å². The molecule has 3 heteroatoms. The van der Waals surface area contributed by atoms with Crippen molar-refractivity contribution in [3.05, 3.63) is 0 Å². The van der Waals surface area contributed by atoms with Gasteiger partial charge >= 0.3 is 5.97 Å². The zero-order chi connectivity index (χ0) is 19.5. The number of rotatable bonds is 19. The Morgan fingerprint density at radius 2 is 1.08 bits per heavy atom. The summed E-state index contributed by atoms with van der Waals surface area (Å²) < 4.78 is 4.94. The highest BCUT2D eigenvalue weighted by molar-refractivity contribution is 5.69. The Morgan fingerprint density at radius 1 is 0.692 bits per heavy atom. The van der Waals surface area contributed by atoms with Crippen LogP contribution in [-0.4, -0.2) is 23.8 Å². The minimum absolute atomic E-state index is 0.122. The van der Waals surface area contributed by atoms with E-state index in [9.17, 15) is 4.79 Å². The van der Waals surface area contributed by atoms with Gasteiger partial charge in [0.1, 0.15) is 6.61 Å². The lowest BCUT2D eigenvalue weighted by Crippen LogP contribution is -2.14. The molecule has 0 fully saturated rings. The number of carbonyl (C=O) groups excluding carboxylic acids is 1. The van der Waals surface area contributed by atoms with Crippen LogP contribution in [0.4, 0.5) is 0 Å². The summed E-state index contributed by atoms with van der Waals surface area (Å²) in [4.78, 5) is 11.4. The Balaban J connectivity index is 3.10. The van der Waals surface area contributed by atoms with Crippen molar-refractivity contribution < 1.29 is 14.6 Å². The molecule has 0 aliphatic carbocycles. The van der Waals surface area contributed by atoms with E-state index >= 15 is 0 Å². The maximum absolute atomic E-state index is 11.4. The molecule has 26 heavy (non-hydrogen) atoms. The number of hydrogen-bond donors (Lipinski definition) is 1. The number of carbonyl (C=O) groups is 1. The number of hydrogen-bond acceptors (Lipinski definition) is 3. The van der Waals surface area contributed by atoms with Crippen LogP contribution < -0.4 is 0 Å². The molecular formula is C23H46O3. The van der Waals surface area contributed by atoms with Crippen molar-refractivity contribution in [2.45, 2.75) is 130 Å². The molecule has 0 amide bonds. The fourth-order valence-corrected chi connectivity index (χ4v) is 3.23. The fraction of sp³-hybridized carbons (Fsp3) is 0.957. The van der Waals surface area contributed by atoms with Crippen molar-refractivity contribution >= 4 is 5.97 Å². The van der Waals surface area contributed by atoms with Crippen LogP contribution in [0.25, 0.3) is 0 Å². The molecule has 0 bridgehead atoms. The SMILES string of the molecule is CC(C)CCCCCCCCCCCCCCCCC(=O)OCC(C)O. The fourth-order valence-electron chi connectivity index (χ4n) is 3.23. The van der Waals surface area contributed by atoms with E-state index in [2.05, 4.69) is 13.8 Å². The minimum Gasteiger partial charge on any atom is -0.463 e. The molecule has 156 valence electrons. The summed E-state index contributed by atoms with van der Waals surface area (Å²) in [5.74, 6) is 0.693. The summed E-state index contributed by atoms with van der Waals surface area (Å²) in [6.07, 6.45) is 19.9. The topological polar surface area (TPSA) is 46.5 Å². The summed E-state index contributed by atoms with van der Waals surface area (Å²) in [6, 6.07) is 0. The van der Waals surface area contributed by atoms with Gasteiger partial charge in [-0.1, -0.05) is 104 Å². The molecule has 1 atom stereocenters. The van der Waals surface area contributed by atoms with Crippen LogP contribution >= 0.6 is 0 Å². The molecule has 0 aromatic heterocycles. The first-order chi connectivity index (χ1) is 12.5. The maximum atomic E-state index is 11.4. The van der Waals surface area contributed by atoms with Gasteiger partial charge in [0.2, 0.25) is 0 Å². The van der Waals surface area contributed by atoms with Gasteiger partial charge in [-0.05, 0) is 19.3 Å². The molecule has 1 unspecified atom stereocenters. The van der Waals surface area contributed by atoms with Crippen LogP contribution in [0.3, 0.4) is 0 Å². The van der Waals surface area contributed by atoms with E-state index in [-0.39, 0.29) is 12.6 Å². The lowest BCUT2D eigenvalue weighted by molar-refractivity contribution is -0.146. The van der Waals surface area contributed by atoms with E-state index in [1.807, 2.05) is 0 Å². The Hall–Kier alpha value is -0.570. The summed E-state index contributed by atoms with van der Waals surface area (Å²) in [7, 11) is 0. The van der Waals surface area contributed by atoms with Crippen LogP contribution in [0.2, 0.25) is 0 Å². The quantitative estimate of drug-likeness (QED) is 0.201. The third-order valence-electron chi connectivity index (χ3n) is 4.90. The average molecular weight is 371 g/mol. The summed E-state index contributed by atoms with van der Waals surface area (Å²) >= 11 is 0. The zero-order valence-corrected chi connectivity index (χ0v) is 17.9. The first-order valence-electron chi connectivity index (χ1n) is 11.4. The molecule has 0 saturated heterocycles. The summed E-state index contributed by atoms with van der Waals surface area (Å²) in [5.41, 5.74) is 0. The van der Waals surface area contributed by atoms with E-state index in [0.29, 0.717) is 6.42 Å². The predicted octanol–water partition coefficient (Wildman–Crippen LogP) is 6.81. The molecule has 0 aliphatic heterocycles. The van der Waals surface area contributed by atoms with Gasteiger partial charge in [-0.3, -0.25) is 4.79 Å². The molecular weight excluding hydrogens is 324 g/mol. The second-order valence-electron chi connectivity index (χ2n) is 8.41. The molecule has 0 aromatic carbocycles. The van der Waals surface area contributed by atoms with E-state index in [1.54, 1.807) is 6.92 Å². The Labute approximate surface area is 163 Å². The standard InChI is InChI=1S/C23H46O3/c1-21(2)18-16-14-12-10-8-6-4-5-7-9-11-13-15-17-19-23(25)26-20-22(3)24/h21-22,24H,4-20H2,1-3H3. The highest BCUT2D eigenvalue weighted by atomic mass is 16.5. The lowest BCUT2D eigenvalue weighted by atomic mass is 10.0. The van der Waals surface area contributed by atoms with Gasteiger partial charge in [0.15, 0.2) is 0 Å². The second-order valence-corrected chi connectivity index (χ2v) is 8.41. The molecule has 0 spiro atoms. The normalized spacial score (nSPS) is 12.5. The maximum Gasteiger partial charge on any atom is 0.305 e. The number of ether oxygens (including phenoxy) is 1. The highest BCUT2D eigenvalue weighted by Crippen LogP contribution is 2.14. The summed E-state index contributed by atoms with van der Waals surface area (Å²) in [5, 5.41) is 9.04. The number of aliphatic hydroxyl groups is 1. The highest BCUT2D eigenvalue weighted by Gasteiger charge is 2.04. The Kier molecular flexibility index (Phi) is 18.8. The molecule has 0 heterocycles. The van der Waals surface area contributed by atoms with Gasteiger partial charge in [0.05, 0.1) is 6.10 Å². The first kappa shape index (κ1) is 25.4. The third kappa shape index (κ3) is 21.5. The van der Waals surface area contributed by atoms with E-state index < -0.39 is 6.10 Å². The van der Waals surface area contributed by atoms with Crippen molar-refractivity contribution in [2.24, 2.45) is 5.92 Å². The monoisotopic (exact) mass is 370 g/mol. The lowest BCUT2D eigenvalue weighted by Gasteiger charge is -2.06.